The Morgan fingerprint density at radius 2 is 1.93 bits per heavy atom. The van der Waals surface area contributed by atoms with E-state index in [0.29, 0.717) is 30.3 Å². The molecule has 1 aromatic carbocycles. The summed E-state index contributed by atoms with van der Waals surface area (Å²) in [5.41, 5.74) is 3.10. The summed E-state index contributed by atoms with van der Waals surface area (Å²) in [6, 6.07) is 12.7. The highest BCUT2D eigenvalue weighted by Crippen LogP contribution is 2.29. The normalized spacial score (nSPS) is 13.0. The van der Waals surface area contributed by atoms with Crippen LogP contribution in [0.2, 0.25) is 0 Å². The van der Waals surface area contributed by atoms with Crippen LogP contribution in [-0.2, 0) is 13.0 Å². The number of hydrogen-bond acceptors (Lipinski definition) is 5. The Bertz CT molecular complexity index is 1020. The number of hydrogen-bond donors (Lipinski definition) is 2. The molecular formula is C20H19N5O2S. The number of carbonyl (C=O) groups is 2. The van der Waals surface area contributed by atoms with Gasteiger partial charge in [-0.2, -0.15) is 0 Å². The number of benzene rings is 1. The maximum Gasteiger partial charge on any atom is 0.322 e. The lowest BCUT2D eigenvalue weighted by atomic mass is 10.2. The summed E-state index contributed by atoms with van der Waals surface area (Å²) in [6.45, 7) is 3.02. The van der Waals surface area contributed by atoms with Gasteiger partial charge in [0, 0.05) is 29.7 Å². The van der Waals surface area contributed by atoms with E-state index in [0.717, 1.165) is 21.8 Å². The van der Waals surface area contributed by atoms with Crippen LogP contribution in [0.15, 0.2) is 48.7 Å². The summed E-state index contributed by atoms with van der Waals surface area (Å²) >= 11 is 1.40. The van der Waals surface area contributed by atoms with Crippen molar-refractivity contribution in [3.63, 3.8) is 0 Å². The number of para-hydroxylation sites is 1. The number of pyridine rings is 1. The zero-order valence-electron chi connectivity index (χ0n) is 15.3. The molecule has 0 saturated heterocycles. The van der Waals surface area contributed by atoms with Gasteiger partial charge in [0.25, 0.3) is 5.91 Å². The van der Waals surface area contributed by atoms with Crippen molar-refractivity contribution in [1.82, 2.24) is 14.9 Å². The van der Waals surface area contributed by atoms with E-state index in [9.17, 15) is 9.59 Å². The second kappa shape index (κ2) is 7.77. The van der Waals surface area contributed by atoms with Crippen molar-refractivity contribution in [2.75, 3.05) is 17.2 Å². The molecule has 0 bridgehead atoms. The Kier molecular flexibility index (Phi) is 5.03. The third kappa shape index (κ3) is 3.86. The largest absolute Gasteiger partial charge is 0.322 e. The van der Waals surface area contributed by atoms with E-state index in [-0.39, 0.29) is 11.9 Å². The van der Waals surface area contributed by atoms with Gasteiger partial charge < -0.3 is 10.2 Å². The molecule has 0 fully saturated rings. The average molecular weight is 393 g/mol. The predicted molar refractivity (Wildman–Crippen MR) is 109 cm³/mol. The van der Waals surface area contributed by atoms with Crippen LogP contribution in [0.3, 0.4) is 0 Å². The van der Waals surface area contributed by atoms with Gasteiger partial charge in [0.1, 0.15) is 5.69 Å². The molecule has 0 atom stereocenters. The van der Waals surface area contributed by atoms with Crippen LogP contribution < -0.4 is 10.6 Å². The number of rotatable bonds is 3. The molecule has 28 heavy (non-hydrogen) atoms. The second-order valence-electron chi connectivity index (χ2n) is 6.47. The fraction of sp³-hybridized carbons (Fsp3) is 0.200. The lowest BCUT2D eigenvalue weighted by Gasteiger charge is -2.26. The molecule has 7 nitrogen and oxygen atoms in total. The van der Waals surface area contributed by atoms with E-state index in [4.69, 9.17) is 0 Å². The van der Waals surface area contributed by atoms with Crippen LogP contribution in [0.25, 0.3) is 0 Å². The van der Waals surface area contributed by atoms with E-state index < -0.39 is 0 Å². The van der Waals surface area contributed by atoms with Crippen molar-refractivity contribution < 1.29 is 9.59 Å². The minimum atomic E-state index is -0.291. The van der Waals surface area contributed by atoms with Gasteiger partial charge in [-0.1, -0.05) is 35.6 Å². The Morgan fingerprint density at radius 3 is 2.71 bits per heavy atom. The van der Waals surface area contributed by atoms with Crippen LogP contribution in [0, 0.1) is 6.92 Å². The van der Waals surface area contributed by atoms with Crippen LogP contribution in [-0.4, -0.2) is 33.4 Å². The fourth-order valence-corrected chi connectivity index (χ4v) is 4.01. The molecule has 3 amide bonds. The van der Waals surface area contributed by atoms with E-state index in [2.05, 4.69) is 20.6 Å². The summed E-state index contributed by atoms with van der Waals surface area (Å²) in [6.07, 6.45) is 2.24. The zero-order valence-corrected chi connectivity index (χ0v) is 16.1. The molecule has 0 saturated carbocycles. The SMILES string of the molecule is Cc1ccccc1NC(=O)N1CCc2nc(NC(=O)c3ccccn3)sc2C1. The molecule has 0 aliphatic carbocycles. The molecule has 3 heterocycles. The highest BCUT2D eigenvalue weighted by Gasteiger charge is 2.25. The number of amides is 3. The van der Waals surface area contributed by atoms with Crippen LogP contribution >= 0.6 is 11.3 Å². The Morgan fingerprint density at radius 1 is 1.11 bits per heavy atom. The lowest BCUT2D eigenvalue weighted by molar-refractivity contribution is 0.102. The maximum absolute atomic E-state index is 12.6. The maximum atomic E-state index is 12.6. The third-order valence-electron chi connectivity index (χ3n) is 4.52. The first-order valence-corrected chi connectivity index (χ1v) is 9.74. The molecule has 8 heteroatoms. The first-order chi connectivity index (χ1) is 13.6. The topological polar surface area (TPSA) is 87.2 Å². The molecule has 0 spiro atoms. The number of fused-ring (bicyclic) bond motifs is 1. The van der Waals surface area contributed by atoms with Crippen molar-refractivity contribution in [2.45, 2.75) is 19.9 Å². The molecule has 0 unspecified atom stereocenters. The average Bonchev–Trinajstić information content (AvgIpc) is 3.11. The van der Waals surface area contributed by atoms with E-state index in [1.807, 2.05) is 31.2 Å². The van der Waals surface area contributed by atoms with E-state index in [1.54, 1.807) is 29.3 Å². The summed E-state index contributed by atoms with van der Waals surface area (Å²) in [5.74, 6) is -0.291. The molecule has 3 aromatic rings. The number of nitrogens with zero attached hydrogens (tertiary/aromatic N) is 3. The number of urea groups is 1. The molecule has 1 aliphatic heterocycles. The molecule has 1 aliphatic rings. The van der Waals surface area contributed by atoms with Gasteiger partial charge in [0.2, 0.25) is 0 Å². The first kappa shape index (κ1) is 18.1. The van der Waals surface area contributed by atoms with Gasteiger partial charge >= 0.3 is 6.03 Å². The van der Waals surface area contributed by atoms with Crippen molar-refractivity contribution in [3.05, 3.63) is 70.5 Å². The monoisotopic (exact) mass is 393 g/mol. The third-order valence-corrected chi connectivity index (χ3v) is 5.52. The number of aryl methyl sites for hydroxylation is 1. The molecule has 142 valence electrons. The summed E-state index contributed by atoms with van der Waals surface area (Å²) in [5, 5.41) is 6.29. The van der Waals surface area contributed by atoms with Crippen molar-refractivity contribution >= 4 is 34.1 Å². The van der Waals surface area contributed by atoms with E-state index in [1.165, 1.54) is 11.3 Å². The Labute approximate surface area is 166 Å². The van der Waals surface area contributed by atoms with Crippen LogP contribution in [0.5, 0.6) is 0 Å². The standard InChI is InChI=1S/C20H19N5O2S/c1-13-6-2-3-7-14(13)23-20(27)25-11-9-15-17(12-25)28-19(22-15)24-18(26)16-8-4-5-10-21-16/h2-8,10H,9,11-12H2,1H3,(H,23,27)(H,22,24,26). The van der Waals surface area contributed by atoms with Crippen LogP contribution in [0.4, 0.5) is 15.6 Å². The summed E-state index contributed by atoms with van der Waals surface area (Å²) < 4.78 is 0. The predicted octanol–water partition coefficient (Wildman–Crippen LogP) is 3.69. The fourth-order valence-electron chi connectivity index (χ4n) is 2.99. The van der Waals surface area contributed by atoms with Gasteiger partial charge in [0.15, 0.2) is 5.13 Å². The molecule has 2 aromatic heterocycles. The molecular weight excluding hydrogens is 374 g/mol. The smallest absolute Gasteiger partial charge is 0.319 e. The Balaban J connectivity index is 1.42. The van der Waals surface area contributed by atoms with Gasteiger partial charge in [-0.3, -0.25) is 15.1 Å². The summed E-state index contributed by atoms with van der Waals surface area (Å²) in [4.78, 5) is 36.2. The van der Waals surface area contributed by atoms with Crippen molar-refractivity contribution in [1.29, 1.82) is 0 Å². The van der Waals surface area contributed by atoms with Crippen molar-refractivity contribution in [2.24, 2.45) is 0 Å². The number of carbonyl (C=O) groups excluding carboxylic acids is 2. The molecule has 4 rings (SSSR count). The Hall–Kier alpha value is -3.26. The minimum absolute atomic E-state index is 0.132. The minimum Gasteiger partial charge on any atom is -0.319 e. The number of anilines is 2. The number of nitrogens with one attached hydrogen (secondary N) is 2. The molecule has 2 N–H and O–H groups in total. The zero-order chi connectivity index (χ0) is 19.5. The lowest BCUT2D eigenvalue weighted by Crippen LogP contribution is -2.38. The van der Waals surface area contributed by atoms with Gasteiger partial charge in [-0.25, -0.2) is 9.78 Å². The van der Waals surface area contributed by atoms with Gasteiger partial charge in [-0.15, -0.1) is 0 Å². The van der Waals surface area contributed by atoms with Gasteiger partial charge in [-0.05, 0) is 30.7 Å². The van der Waals surface area contributed by atoms with E-state index >= 15 is 0 Å². The summed E-state index contributed by atoms with van der Waals surface area (Å²) in [7, 11) is 0. The number of aromatic nitrogens is 2. The second-order valence-corrected chi connectivity index (χ2v) is 7.56. The van der Waals surface area contributed by atoms with Crippen molar-refractivity contribution in [3.8, 4) is 0 Å². The number of thiazole rings is 1. The highest BCUT2D eigenvalue weighted by molar-refractivity contribution is 7.15. The van der Waals surface area contributed by atoms with Gasteiger partial charge in [0.05, 0.1) is 12.2 Å². The quantitative estimate of drug-likeness (QED) is 0.710. The molecule has 0 radical (unpaired) electrons. The highest BCUT2D eigenvalue weighted by atomic mass is 32.1. The van der Waals surface area contributed by atoms with Crippen LogP contribution in [0.1, 0.15) is 26.6 Å². The first-order valence-electron chi connectivity index (χ1n) is 8.92.